The van der Waals surface area contributed by atoms with E-state index in [2.05, 4.69) is 15.3 Å². The van der Waals surface area contributed by atoms with Gasteiger partial charge in [-0.3, -0.25) is 9.97 Å². The third-order valence-corrected chi connectivity index (χ3v) is 3.32. The Morgan fingerprint density at radius 1 is 1.04 bits per heavy atom. The maximum Gasteiger partial charge on any atom is 0.337 e. The smallest absolute Gasteiger partial charge is 0.337 e. The van der Waals surface area contributed by atoms with Crippen molar-refractivity contribution < 1.29 is 9.53 Å². The zero-order valence-electron chi connectivity index (χ0n) is 12.6. The number of ether oxygens (including phenoxy) is 1. The number of carbonyl (C=O) groups excluding carboxylic acids is 1. The molecule has 1 heterocycles. The fourth-order valence-electron chi connectivity index (χ4n) is 2.18. The number of benzene rings is 2. The minimum atomic E-state index is -0.355. The van der Waals surface area contributed by atoms with Crippen LogP contribution in [-0.2, 0) is 4.74 Å². The van der Waals surface area contributed by atoms with E-state index in [4.69, 9.17) is 4.74 Å². The van der Waals surface area contributed by atoms with Gasteiger partial charge < -0.3 is 10.1 Å². The van der Waals surface area contributed by atoms with Crippen molar-refractivity contribution in [3.05, 3.63) is 72.7 Å². The third-order valence-electron chi connectivity index (χ3n) is 3.32. The molecule has 0 aliphatic rings. The lowest BCUT2D eigenvalue weighted by Gasteiger charge is -2.08. The van der Waals surface area contributed by atoms with Crippen LogP contribution in [0.15, 0.2) is 67.1 Å². The maximum absolute atomic E-state index is 11.6. The van der Waals surface area contributed by atoms with Crippen LogP contribution in [0.2, 0.25) is 0 Å². The summed E-state index contributed by atoms with van der Waals surface area (Å²) < 4.78 is 4.73. The highest BCUT2D eigenvalue weighted by Crippen LogP contribution is 2.22. The number of hydrogen-bond acceptors (Lipinski definition) is 5. The molecular weight excluding hydrogens is 290 g/mol. The molecule has 3 aromatic rings. The van der Waals surface area contributed by atoms with E-state index in [0.29, 0.717) is 5.56 Å². The second-order valence-electron chi connectivity index (χ2n) is 4.87. The number of esters is 1. The first-order valence-corrected chi connectivity index (χ1v) is 7.08. The summed E-state index contributed by atoms with van der Waals surface area (Å²) in [5.74, 6) is -0.355. The summed E-state index contributed by atoms with van der Waals surface area (Å²) in [5, 5.41) is 3.26. The summed E-state index contributed by atoms with van der Waals surface area (Å²) >= 11 is 0. The quantitative estimate of drug-likeness (QED) is 0.745. The van der Waals surface area contributed by atoms with E-state index >= 15 is 0 Å². The second-order valence-corrected chi connectivity index (χ2v) is 4.87. The van der Waals surface area contributed by atoms with E-state index in [0.717, 1.165) is 22.6 Å². The lowest BCUT2D eigenvalue weighted by molar-refractivity contribution is 0.0601. The molecule has 23 heavy (non-hydrogen) atoms. The highest BCUT2D eigenvalue weighted by Gasteiger charge is 2.06. The molecule has 0 atom stereocenters. The molecule has 0 unspecified atom stereocenters. The van der Waals surface area contributed by atoms with Gasteiger partial charge >= 0.3 is 5.97 Å². The Kier molecular flexibility index (Phi) is 4.29. The number of aromatic nitrogens is 2. The van der Waals surface area contributed by atoms with Crippen molar-refractivity contribution >= 4 is 17.3 Å². The zero-order chi connectivity index (χ0) is 16.1. The topological polar surface area (TPSA) is 64.1 Å². The van der Waals surface area contributed by atoms with E-state index < -0.39 is 0 Å². The van der Waals surface area contributed by atoms with Crippen LogP contribution in [0, 0.1) is 0 Å². The highest BCUT2D eigenvalue weighted by atomic mass is 16.5. The molecular formula is C18H15N3O2. The third kappa shape index (κ3) is 3.52. The van der Waals surface area contributed by atoms with Crippen LogP contribution in [0.3, 0.4) is 0 Å². The van der Waals surface area contributed by atoms with Crippen molar-refractivity contribution in [2.24, 2.45) is 0 Å². The van der Waals surface area contributed by atoms with Crippen LogP contribution in [0.4, 0.5) is 11.4 Å². The predicted molar refractivity (Wildman–Crippen MR) is 88.5 cm³/mol. The molecule has 0 fully saturated rings. The molecule has 0 saturated heterocycles. The molecule has 0 amide bonds. The van der Waals surface area contributed by atoms with E-state index in [1.165, 1.54) is 7.11 Å². The van der Waals surface area contributed by atoms with Gasteiger partial charge in [0.2, 0.25) is 0 Å². The summed E-state index contributed by atoms with van der Waals surface area (Å²) in [6, 6.07) is 15.0. The Balaban J connectivity index is 1.77. The molecule has 5 heteroatoms. The van der Waals surface area contributed by atoms with Gasteiger partial charge in [-0.1, -0.05) is 18.2 Å². The first-order chi connectivity index (χ1) is 11.3. The van der Waals surface area contributed by atoms with Gasteiger partial charge in [0.15, 0.2) is 0 Å². The fourth-order valence-corrected chi connectivity index (χ4v) is 2.18. The molecule has 3 rings (SSSR count). The number of nitrogens with zero attached hydrogens (tertiary/aromatic N) is 2. The number of rotatable bonds is 4. The molecule has 0 radical (unpaired) electrons. The maximum atomic E-state index is 11.6. The number of hydrogen-bond donors (Lipinski definition) is 1. The molecule has 0 bridgehead atoms. The minimum absolute atomic E-state index is 0.355. The van der Waals surface area contributed by atoms with Gasteiger partial charge in [-0.25, -0.2) is 4.79 Å². The predicted octanol–water partition coefficient (Wildman–Crippen LogP) is 3.67. The first-order valence-electron chi connectivity index (χ1n) is 7.08. The average Bonchev–Trinajstić information content (AvgIpc) is 2.62. The normalized spacial score (nSPS) is 10.1. The molecule has 0 spiro atoms. The van der Waals surface area contributed by atoms with E-state index in [1.807, 2.05) is 36.4 Å². The summed E-state index contributed by atoms with van der Waals surface area (Å²) in [5.41, 5.74) is 4.06. The lowest BCUT2D eigenvalue weighted by atomic mass is 10.1. The average molecular weight is 305 g/mol. The largest absolute Gasteiger partial charge is 0.465 e. The first kappa shape index (κ1) is 14.7. The fraction of sp³-hybridized carbons (Fsp3) is 0.0556. The Morgan fingerprint density at radius 2 is 1.87 bits per heavy atom. The minimum Gasteiger partial charge on any atom is -0.465 e. The monoisotopic (exact) mass is 305 g/mol. The number of carbonyl (C=O) groups is 1. The van der Waals surface area contributed by atoms with Crippen LogP contribution >= 0.6 is 0 Å². The second kappa shape index (κ2) is 6.70. The van der Waals surface area contributed by atoms with Gasteiger partial charge in [0.1, 0.15) is 0 Å². The van der Waals surface area contributed by atoms with Gasteiger partial charge in [0, 0.05) is 29.3 Å². The van der Waals surface area contributed by atoms with Crippen LogP contribution in [0.25, 0.3) is 11.3 Å². The Morgan fingerprint density at radius 3 is 2.57 bits per heavy atom. The van der Waals surface area contributed by atoms with Crippen molar-refractivity contribution in [1.82, 2.24) is 9.97 Å². The van der Waals surface area contributed by atoms with Crippen molar-refractivity contribution in [2.75, 3.05) is 12.4 Å². The van der Waals surface area contributed by atoms with E-state index in [-0.39, 0.29) is 5.97 Å². The van der Waals surface area contributed by atoms with Crippen LogP contribution in [0.5, 0.6) is 0 Å². The molecule has 0 saturated carbocycles. The van der Waals surface area contributed by atoms with Crippen molar-refractivity contribution in [3.8, 4) is 11.3 Å². The number of methoxy groups -OCH3 is 1. The molecule has 1 aromatic heterocycles. The van der Waals surface area contributed by atoms with Gasteiger partial charge in [-0.05, 0) is 30.3 Å². The van der Waals surface area contributed by atoms with Gasteiger partial charge in [-0.15, -0.1) is 0 Å². The van der Waals surface area contributed by atoms with Crippen LogP contribution in [0.1, 0.15) is 10.4 Å². The lowest BCUT2D eigenvalue weighted by Crippen LogP contribution is -2.01. The highest BCUT2D eigenvalue weighted by molar-refractivity contribution is 5.90. The molecule has 114 valence electrons. The Labute approximate surface area is 134 Å². The van der Waals surface area contributed by atoms with Crippen molar-refractivity contribution in [1.29, 1.82) is 0 Å². The summed E-state index contributed by atoms with van der Waals surface area (Å²) in [4.78, 5) is 19.9. The molecule has 5 nitrogen and oxygen atoms in total. The number of nitrogens with one attached hydrogen (secondary N) is 1. The summed E-state index contributed by atoms with van der Waals surface area (Å²) in [7, 11) is 1.37. The Bertz CT molecular complexity index is 802. The van der Waals surface area contributed by atoms with E-state index in [1.54, 1.807) is 30.7 Å². The van der Waals surface area contributed by atoms with Crippen LogP contribution < -0.4 is 5.32 Å². The standard InChI is InChI=1S/C18H15N3O2/c1-23-18(22)14-3-2-4-16(11-14)21-15-7-5-13(6-8-15)17-12-19-9-10-20-17/h2-12,21H,1H3. The number of anilines is 2. The molecule has 2 aromatic carbocycles. The van der Waals surface area contributed by atoms with Crippen molar-refractivity contribution in [3.63, 3.8) is 0 Å². The van der Waals surface area contributed by atoms with E-state index in [9.17, 15) is 4.79 Å². The van der Waals surface area contributed by atoms with Crippen LogP contribution in [-0.4, -0.2) is 23.0 Å². The van der Waals surface area contributed by atoms with Gasteiger partial charge in [0.25, 0.3) is 0 Å². The van der Waals surface area contributed by atoms with Crippen molar-refractivity contribution in [2.45, 2.75) is 0 Å². The summed E-state index contributed by atoms with van der Waals surface area (Å²) in [6.07, 6.45) is 5.04. The molecule has 0 aliphatic carbocycles. The van der Waals surface area contributed by atoms with Gasteiger partial charge in [0.05, 0.1) is 24.6 Å². The summed E-state index contributed by atoms with van der Waals surface area (Å²) in [6.45, 7) is 0. The molecule has 0 aliphatic heterocycles. The SMILES string of the molecule is COC(=O)c1cccc(Nc2ccc(-c3cnccn3)cc2)c1. The zero-order valence-corrected chi connectivity index (χ0v) is 12.6. The molecule has 1 N–H and O–H groups in total. The Hall–Kier alpha value is -3.21. The van der Waals surface area contributed by atoms with Gasteiger partial charge in [-0.2, -0.15) is 0 Å².